The number of ether oxygens (including phenoxy) is 1. The van der Waals surface area contributed by atoms with Gasteiger partial charge in [0.2, 0.25) is 5.91 Å². The van der Waals surface area contributed by atoms with Crippen LogP contribution in [-0.2, 0) is 16.1 Å². The van der Waals surface area contributed by atoms with Gasteiger partial charge < -0.3 is 19.9 Å². The lowest BCUT2D eigenvalue weighted by Crippen LogP contribution is -2.36. The number of hydrogen-bond donors (Lipinski definition) is 2. The number of hydrogen-bond acceptors (Lipinski definition) is 4. The van der Waals surface area contributed by atoms with E-state index in [0.29, 0.717) is 19.7 Å². The van der Waals surface area contributed by atoms with Crippen LogP contribution >= 0.6 is 0 Å². The minimum absolute atomic E-state index is 0.00433. The number of aryl methyl sites for hydroxylation is 1. The van der Waals surface area contributed by atoms with Crippen LogP contribution in [0.5, 0.6) is 0 Å². The number of aromatic nitrogens is 2. The molecule has 0 aliphatic heterocycles. The first-order valence-electron chi connectivity index (χ1n) is 5.75. The molecule has 6 heteroatoms. The Kier molecular flexibility index (Phi) is 7.01. The van der Waals surface area contributed by atoms with E-state index in [2.05, 4.69) is 15.6 Å². The monoisotopic (exact) mass is 240 g/mol. The van der Waals surface area contributed by atoms with Gasteiger partial charge in [0, 0.05) is 32.6 Å². The summed E-state index contributed by atoms with van der Waals surface area (Å²) in [6.07, 6.45) is 6.45. The molecule has 0 aliphatic rings. The molecular weight excluding hydrogens is 220 g/mol. The summed E-state index contributed by atoms with van der Waals surface area (Å²) in [4.78, 5) is 15.2. The SMILES string of the molecule is COCCNC(=O)CNCCCn1ccnc1. The second-order valence-corrected chi connectivity index (χ2v) is 3.67. The lowest BCUT2D eigenvalue weighted by Gasteiger charge is -2.06. The lowest BCUT2D eigenvalue weighted by molar-refractivity contribution is -0.120. The van der Waals surface area contributed by atoms with Crippen molar-refractivity contribution in [3.8, 4) is 0 Å². The van der Waals surface area contributed by atoms with E-state index in [9.17, 15) is 4.79 Å². The van der Waals surface area contributed by atoms with E-state index in [1.165, 1.54) is 0 Å². The van der Waals surface area contributed by atoms with Gasteiger partial charge in [0.05, 0.1) is 19.5 Å². The van der Waals surface area contributed by atoms with Crippen molar-refractivity contribution in [1.82, 2.24) is 20.2 Å². The maximum Gasteiger partial charge on any atom is 0.234 e. The molecule has 1 heterocycles. The molecule has 17 heavy (non-hydrogen) atoms. The first-order chi connectivity index (χ1) is 8.33. The summed E-state index contributed by atoms with van der Waals surface area (Å²) in [5.74, 6) is 0.00433. The van der Waals surface area contributed by atoms with Crippen molar-refractivity contribution < 1.29 is 9.53 Å². The van der Waals surface area contributed by atoms with Crippen LogP contribution in [0.2, 0.25) is 0 Å². The number of methoxy groups -OCH3 is 1. The van der Waals surface area contributed by atoms with Crippen LogP contribution in [0.25, 0.3) is 0 Å². The summed E-state index contributed by atoms with van der Waals surface area (Å²) >= 11 is 0. The average Bonchev–Trinajstić information content (AvgIpc) is 2.82. The maximum absolute atomic E-state index is 11.3. The molecular formula is C11H20N4O2. The van der Waals surface area contributed by atoms with Gasteiger partial charge in [-0.1, -0.05) is 0 Å². The highest BCUT2D eigenvalue weighted by molar-refractivity contribution is 5.77. The molecule has 0 fully saturated rings. The summed E-state index contributed by atoms with van der Waals surface area (Å²) in [5, 5.41) is 5.83. The Morgan fingerprint density at radius 1 is 1.47 bits per heavy atom. The van der Waals surface area contributed by atoms with Crippen molar-refractivity contribution in [1.29, 1.82) is 0 Å². The predicted molar refractivity (Wildman–Crippen MR) is 64.6 cm³/mol. The van der Waals surface area contributed by atoms with E-state index in [1.54, 1.807) is 19.6 Å². The van der Waals surface area contributed by atoms with Crippen LogP contribution in [0.3, 0.4) is 0 Å². The fourth-order valence-corrected chi connectivity index (χ4v) is 1.36. The molecule has 1 aromatic rings. The predicted octanol–water partition coefficient (Wildman–Crippen LogP) is -0.375. The minimum atomic E-state index is 0.00433. The zero-order chi connectivity index (χ0) is 12.3. The maximum atomic E-state index is 11.3. The molecule has 0 atom stereocenters. The summed E-state index contributed by atoms with van der Waals surface area (Å²) in [7, 11) is 1.61. The van der Waals surface area contributed by atoms with Crippen molar-refractivity contribution in [2.75, 3.05) is 33.4 Å². The number of amides is 1. The molecule has 2 N–H and O–H groups in total. The van der Waals surface area contributed by atoms with Gasteiger partial charge in [-0.2, -0.15) is 0 Å². The molecule has 0 saturated heterocycles. The Morgan fingerprint density at radius 3 is 3.06 bits per heavy atom. The second kappa shape index (κ2) is 8.72. The molecule has 0 radical (unpaired) electrons. The van der Waals surface area contributed by atoms with E-state index >= 15 is 0 Å². The van der Waals surface area contributed by atoms with Crippen LogP contribution in [0.4, 0.5) is 0 Å². The van der Waals surface area contributed by atoms with Crippen LogP contribution < -0.4 is 10.6 Å². The summed E-state index contributed by atoms with van der Waals surface area (Å²) < 4.78 is 6.85. The van der Waals surface area contributed by atoms with Crippen LogP contribution in [-0.4, -0.2) is 48.8 Å². The standard InChI is InChI=1S/C11H20N4O2/c1-17-8-5-14-11(16)9-12-3-2-6-15-7-4-13-10-15/h4,7,10,12H,2-3,5-6,8-9H2,1H3,(H,14,16). The highest BCUT2D eigenvalue weighted by atomic mass is 16.5. The normalized spacial score (nSPS) is 10.4. The van der Waals surface area contributed by atoms with Crippen molar-refractivity contribution >= 4 is 5.91 Å². The third-order valence-corrected chi connectivity index (χ3v) is 2.24. The molecule has 0 unspecified atom stereocenters. The van der Waals surface area contributed by atoms with Gasteiger partial charge in [0.1, 0.15) is 0 Å². The van der Waals surface area contributed by atoms with Gasteiger partial charge in [-0.25, -0.2) is 4.98 Å². The molecule has 96 valence electrons. The Balaban J connectivity index is 1.91. The Labute approximate surface area is 101 Å². The molecule has 1 amide bonds. The van der Waals surface area contributed by atoms with E-state index in [0.717, 1.165) is 19.5 Å². The highest BCUT2D eigenvalue weighted by Crippen LogP contribution is 1.88. The Morgan fingerprint density at radius 2 is 2.35 bits per heavy atom. The van der Waals surface area contributed by atoms with Gasteiger partial charge in [-0.3, -0.25) is 4.79 Å². The number of imidazole rings is 1. The molecule has 0 bridgehead atoms. The first-order valence-corrected chi connectivity index (χ1v) is 5.75. The number of nitrogens with zero attached hydrogens (tertiary/aromatic N) is 2. The van der Waals surface area contributed by atoms with Gasteiger partial charge >= 0.3 is 0 Å². The van der Waals surface area contributed by atoms with E-state index < -0.39 is 0 Å². The molecule has 1 aromatic heterocycles. The molecule has 0 aliphatic carbocycles. The van der Waals surface area contributed by atoms with E-state index in [4.69, 9.17) is 4.74 Å². The zero-order valence-corrected chi connectivity index (χ0v) is 10.2. The second-order valence-electron chi connectivity index (χ2n) is 3.67. The van der Waals surface area contributed by atoms with Crippen molar-refractivity contribution in [3.05, 3.63) is 18.7 Å². The summed E-state index contributed by atoms with van der Waals surface area (Å²) in [6, 6.07) is 0. The number of carbonyl (C=O) groups is 1. The van der Waals surface area contributed by atoms with Crippen LogP contribution in [0.15, 0.2) is 18.7 Å². The molecule has 0 spiro atoms. The largest absolute Gasteiger partial charge is 0.383 e. The number of carbonyl (C=O) groups excluding carboxylic acids is 1. The summed E-state index contributed by atoms with van der Waals surface area (Å²) in [5.41, 5.74) is 0. The van der Waals surface area contributed by atoms with Crippen LogP contribution in [0.1, 0.15) is 6.42 Å². The van der Waals surface area contributed by atoms with Gasteiger partial charge in [0.15, 0.2) is 0 Å². The average molecular weight is 240 g/mol. The van der Waals surface area contributed by atoms with Gasteiger partial charge in [-0.05, 0) is 13.0 Å². The molecule has 0 aromatic carbocycles. The highest BCUT2D eigenvalue weighted by Gasteiger charge is 1.98. The van der Waals surface area contributed by atoms with Crippen LogP contribution in [0, 0.1) is 0 Å². The van der Waals surface area contributed by atoms with Crippen molar-refractivity contribution in [2.45, 2.75) is 13.0 Å². The van der Waals surface area contributed by atoms with Gasteiger partial charge in [-0.15, -0.1) is 0 Å². The van der Waals surface area contributed by atoms with E-state index in [-0.39, 0.29) is 5.91 Å². The Bertz CT molecular complexity index is 300. The summed E-state index contributed by atoms with van der Waals surface area (Å²) in [6.45, 7) is 3.19. The molecule has 6 nitrogen and oxygen atoms in total. The third-order valence-electron chi connectivity index (χ3n) is 2.24. The van der Waals surface area contributed by atoms with Gasteiger partial charge in [0.25, 0.3) is 0 Å². The van der Waals surface area contributed by atoms with E-state index in [1.807, 2.05) is 10.8 Å². The third kappa shape index (κ3) is 6.70. The fourth-order valence-electron chi connectivity index (χ4n) is 1.36. The first kappa shape index (κ1) is 13.7. The number of rotatable bonds is 9. The smallest absolute Gasteiger partial charge is 0.234 e. The minimum Gasteiger partial charge on any atom is -0.383 e. The van der Waals surface area contributed by atoms with Crippen molar-refractivity contribution in [2.24, 2.45) is 0 Å². The number of nitrogens with one attached hydrogen (secondary N) is 2. The topological polar surface area (TPSA) is 68.2 Å². The molecule has 0 saturated carbocycles. The fraction of sp³-hybridized carbons (Fsp3) is 0.636. The zero-order valence-electron chi connectivity index (χ0n) is 10.2. The molecule has 1 rings (SSSR count). The van der Waals surface area contributed by atoms with Crippen molar-refractivity contribution in [3.63, 3.8) is 0 Å². The lowest BCUT2D eigenvalue weighted by atomic mass is 10.4. The Hall–Kier alpha value is -1.40. The quantitative estimate of drug-likeness (QED) is 0.578.